The van der Waals surface area contributed by atoms with Gasteiger partial charge in [0.1, 0.15) is 12.1 Å². The number of benzene rings is 1. The Morgan fingerprint density at radius 1 is 1.27 bits per heavy atom. The molecule has 0 aromatic heterocycles. The second kappa shape index (κ2) is 8.54. The van der Waals surface area contributed by atoms with Gasteiger partial charge in [0, 0.05) is 6.42 Å². The molecule has 2 N–H and O–H groups in total. The van der Waals surface area contributed by atoms with Gasteiger partial charge >= 0.3 is 5.97 Å². The van der Waals surface area contributed by atoms with Crippen molar-refractivity contribution in [3.05, 3.63) is 35.4 Å². The van der Waals surface area contributed by atoms with Gasteiger partial charge in [-0.1, -0.05) is 38.1 Å². The summed E-state index contributed by atoms with van der Waals surface area (Å²) in [4.78, 5) is 23.9. The molecule has 0 aliphatic rings. The summed E-state index contributed by atoms with van der Waals surface area (Å²) in [6.07, 6.45) is -0.437. The molecule has 1 amide bonds. The third kappa shape index (κ3) is 5.48. The Kier molecular flexibility index (Phi) is 7.05. The highest BCUT2D eigenvalue weighted by Gasteiger charge is 2.26. The summed E-state index contributed by atoms with van der Waals surface area (Å²) in [7, 11) is 1.28. The van der Waals surface area contributed by atoms with Crippen LogP contribution in [-0.4, -0.2) is 36.2 Å². The number of aliphatic hydroxyl groups excluding tert-OH is 1. The average molecular weight is 307 g/mol. The van der Waals surface area contributed by atoms with Crippen LogP contribution in [0.5, 0.6) is 0 Å². The smallest absolute Gasteiger partial charge is 0.328 e. The van der Waals surface area contributed by atoms with Crippen molar-refractivity contribution in [2.45, 2.75) is 45.8 Å². The first-order valence-electron chi connectivity index (χ1n) is 7.46. The first kappa shape index (κ1) is 18.2. The number of rotatable bonds is 7. The second-order valence-electron chi connectivity index (χ2n) is 5.86. The number of ether oxygens (including phenoxy) is 1. The third-order valence-corrected chi connectivity index (χ3v) is 3.48. The molecule has 1 aromatic carbocycles. The molecule has 5 heteroatoms. The van der Waals surface area contributed by atoms with E-state index in [0.29, 0.717) is 12.8 Å². The number of aliphatic hydroxyl groups is 1. The zero-order valence-corrected chi connectivity index (χ0v) is 13.6. The Bertz CT molecular complexity index is 513. The lowest BCUT2D eigenvalue weighted by Crippen LogP contribution is -2.47. The van der Waals surface area contributed by atoms with E-state index in [1.165, 1.54) is 7.11 Å². The first-order chi connectivity index (χ1) is 10.3. The van der Waals surface area contributed by atoms with Crippen LogP contribution >= 0.6 is 0 Å². The van der Waals surface area contributed by atoms with Crippen molar-refractivity contribution in [3.8, 4) is 0 Å². The van der Waals surface area contributed by atoms with E-state index in [2.05, 4.69) is 5.32 Å². The Morgan fingerprint density at radius 3 is 2.45 bits per heavy atom. The Hall–Kier alpha value is -1.88. The predicted octanol–water partition coefficient (Wildman–Crippen LogP) is 1.60. The highest BCUT2D eigenvalue weighted by molar-refractivity contribution is 5.87. The van der Waals surface area contributed by atoms with Gasteiger partial charge in [-0.25, -0.2) is 4.79 Å². The Labute approximate surface area is 131 Å². The van der Waals surface area contributed by atoms with Crippen LogP contribution in [0.25, 0.3) is 0 Å². The van der Waals surface area contributed by atoms with Crippen molar-refractivity contribution in [1.29, 1.82) is 0 Å². The Morgan fingerprint density at radius 2 is 1.91 bits per heavy atom. The molecule has 1 rings (SSSR count). The molecule has 0 radical (unpaired) electrons. The van der Waals surface area contributed by atoms with Gasteiger partial charge in [0.2, 0.25) is 5.91 Å². The summed E-state index contributed by atoms with van der Waals surface area (Å²) in [6.45, 7) is 5.78. The van der Waals surface area contributed by atoms with Crippen LogP contribution in [0.15, 0.2) is 24.3 Å². The normalized spacial score (nSPS) is 13.5. The van der Waals surface area contributed by atoms with Crippen LogP contribution in [0.2, 0.25) is 0 Å². The summed E-state index contributed by atoms with van der Waals surface area (Å²) in [6, 6.07) is 6.84. The van der Waals surface area contributed by atoms with Crippen LogP contribution in [0.4, 0.5) is 0 Å². The lowest BCUT2D eigenvalue weighted by atomic mass is 10.0. The second-order valence-corrected chi connectivity index (χ2v) is 5.86. The van der Waals surface area contributed by atoms with Gasteiger partial charge in [0.25, 0.3) is 0 Å². The summed E-state index contributed by atoms with van der Waals surface area (Å²) in [5.41, 5.74) is 1.99. The molecule has 0 saturated carbocycles. The van der Waals surface area contributed by atoms with Crippen LogP contribution < -0.4 is 5.32 Å². The number of amides is 1. The van der Waals surface area contributed by atoms with Crippen molar-refractivity contribution in [1.82, 2.24) is 5.32 Å². The number of carbonyl (C=O) groups is 2. The van der Waals surface area contributed by atoms with E-state index >= 15 is 0 Å². The molecular formula is C17H25NO4. The highest BCUT2D eigenvalue weighted by atomic mass is 16.5. The van der Waals surface area contributed by atoms with Crippen LogP contribution in [0, 0.1) is 12.8 Å². The number of aryl methyl sites for hydroxylation is 1. The molecule has 0 spiro atoms. The van der Waals surface area contributed by atoms with E-state index in [1.54, 1.807) is 0 Å². The van der Waals surface area contributed by atoms with E-state index in [9.17, 15) is 14.7 Å². The van der Waals surface area contributed by atoms with E-state index < -0.39 is 24.0 Å². The third-order valence-electron chi connectivity index (χ3n) is 3.48. The quantitative estimate of drug-likeness (QED) is 0.750. The molecule has 2 atom stereocenters. The largest absolute Gasteiger partial charge is 0.467 e. The molecule has 0 fully saturated rings. The molecule has 0 heterocycles. The molecule has 0 aliphatic carbocycles. The van der Waals surface area contributed by atoms with Crippen LogP contribution in [0.1, 0.15) is 31.4 Å². The zero-order valence-electron chi connectivity index (χ0n) is 13.6. The molecule has 0 bridgehead atoms. The van der Waals surface area contributed by atoms with E-state index in [1.807, 2.05) is 45.0 Å². The standard InChI is InChI=1S/C17H25NO4/c1-11(2)9-15(19)16(20)18-14(17(21)22-4)10-13-8-6-5-7-12(13)3/h5-8,11,14-15,19H,9-10H2,1-4H3,(H,18,20)/t14-,15+/m0/s1. The fourth-order valence-electron chi connectivity index (χ4n) is 2.22. The van der Waals surface area contributed by atoms with Crippen molar-refractivity contribution in [2.24, 2.45) is 5.92 Å². The molecule has 1 aromatic rings. The molecule has 122 valence electrons. The maximum Gasteiger partial charge on any atom is 0.328 e. The van der Waals surface area contributed by atoms with Crippen molar-refractivity contribution in [3.63, 3.8) is 0 Å². The summed E-state index contributed by atoms with van der Waals surface area (Å²) in [5.74, 6) is -0.875. The topological polar surface area (TPSA) is 75.6 Å². The maximum absolute atomic E-state index is 12.0. The summed E-state index contributed by atoms with van der Waals surface area (Å²) in [5, 5.41) is 12.4. The van der Waals surface area contributed by atoms with Gasteiger partial charge in [0.05, 0.1) is 7.11 Å². The fourth-order valence-corrected chi connectivity index (χ4v) is 2.22. The van der Waals surface area contributed by atoms with Gasteiger partial charge in [-0.05, 0) is 30.4 Å². The summed E-state index contributed by atoms with van der Waals surface area (Å²) >= 11 is 0. The van der Waals surface area contributed by atoms with E-state index in [0.717, 1.165) is 11.1 Å². The molecule has 22 heavy (non-hydrogen) atoms. The predicted molar refractivity (Wildman–Crippen MR) is 84.3 cm³/mol. The van der Waals surface area contributed by atoms with Crippen molar-refractivity contribution >= 4 is 11.9 Å². The monoisotopic (exact) mass is 307 g/mol. The molecule has 0 unspecified atom stereocenters. The van der Waals surface area contributed by atoms with Gasteiger partial charge in [0.15, 0.2) is 0 Å². The number of hydrogen-bond acceptors (Lipinski definition) is 4. The molecule has 0 saturated heterocycles. The fraction of sp³-hybridized carbons (Fsp3) is 0.529. The number of carbonyl (C=O) groups excluding carboxylic acids is 2. The van der Waals surface area contributed by atoms with Crippen LogP contribution in [0.3, 0.4) is 0 Å². The van der Waals surface area contributed by atoms with Gasteiger partial charge < -0.3 is 15.2 Å². The van der Waals surface area contributed by atoms with E-state index in [-0.39, 0.29) is 5.92 Å². The number of esters is 1. The van der Waals surface area contributed by atoms with Crippen molar-refractivity contribution < 1.29 is 19.4 Å². The molecule has 5 nitrogen and oxygen atoms in total. The van der Waals surface area contributed by atoms with Crippen LogP contribution in [-0.2, 0) is 20.7 Å². The van der Waals surface area contributed by atoms with Crippen molar-refractivity contribution in [2.75, 3.05) is 7.11 Å². The molecular weight excluding hydrogens is 282 g/mol. The minimum absolute atomic E-state index is 0.189. The first-order valence-corrected chi connectivity index (χ1v) is 7.46. The minimum Gasteiger partial charge on any atom is -0.467 e. The van der Waals surface area contributed by atoms with Gasteiger partial charge in [-0.15, -0.1) is 0 Å². The van der Waals surface area contributed by atoms with Gasteiger partial charge in [-0.3, -0.25) is 4.79 Å². The number of hydrogen-bond donors (Lipinski definition) is 2. The lowest BCUT2D eigenvalue weighted by molar-refractivity contribution is -0.146. The maximum atomic E-state index is 12.0. The minimum atomic E-state index is -1.12. The SMILES string of the molecule is COC(=O)[C@H](Cc1ccccc1C)NC(=O)[C@H](O)CC(C)C. The zero-order chi connectivity index (χ0) is 16.7. The molecule has 0 aliphatic heterocycles. The van der Waals surface area contributed by atoms with E-state index in [4.69, 9.17) is 4.74 Å². The van der Waals surface area contributed by atoms with Gasteiger partial charge in [-0.2, -0.15) is 0 Å². The average Bonchev–Trinajstić information content (AvgIpc) is 2.47. The lowest BCUT2D eigenvalue weighted by Gasteiger charge is -2.20. The number of methoxy groups -OCH3 is 1. The summed E-state index contributed by atoms with van der Waals surface area (Å²) < 4.78 is 4.75. The highest BCUT2D eigenvalue weighted by Crippen LogP contribution is 2.11. The number of nitrogens with one attached hydrogen (secondary N) is 1. The Balaban J connectivity index is 2.79.